The Hall–Kier alpha value is -3.63. The number of thioether (sulfide) groups is 1. The van der Waals surface area contributed by atoms with Crippen molar-refractivity contribution in [2.45, 2.75) is 4.34 Å². The Morgan fingerprint density at radius 1 is 0.938 bits per heavy atom. The second kappa shape index (κ2) is 8.85. The second-order valence-corrected chi connectivity index (χ2v) is 8.99. The maximum atomic E-state index is 12.6. The molecular formula is C22H16N4O4S2. The first-order chi connectivity index (χ1) is 15.6. The summed E-state index contributed by atoms with van der Waals surface area (Å²) in [7, 11) is 0. The molecule has 2 heterocycles. The number of hydrogen-bond acceptors (Lipinski definition) is 8. The van der Waals surface area contributed by atoms with E-state index in [1.807, 2.05) is 36.4 Å². The Morgan fingerprint density at radius 3 is 2.69 bits per heavy atom. The van der Waals surface area contributed by atoms with Crippen molar-refractivity contribution in [3.8, 4) is 11.5 Å². The van der Waals surface area contributed by atoms with Gasteiger partial charge < -0.3 is 14.8 Å². The zero-order valence-electron chi connectivity index (χ0n) is 16.5. The summed E-state index contributed by atoms with van der Waals surface area (Å²) < 4.78 is 11.1. The number of rotatable bonds is 6. The average molecular weight is 465 g/mol. The summed E-state index contributed by atoms with van der Waals surface area (Å²) in [5.74, 6) is 0.965. The molecule has 0 radical (unpaired) electrons. The summed E-state index contributed by atoms with van der Waals surface area (Å²) in [5.41, 5.74) is 1.16. The molecule has 0 atom stereocenters. The number of anilines is 2. The molecule has 8 nitrogen and oxygen atoms in total. The van der Waals surface area contributed by atoms with E-state index < -0.39 is 0 Å². The van der Waals surface area contributed by atoms with Gasteiger partial charge in [-0.25, -0.2) is 0 Å². The van der Waals surface area contributed by atoms with Crippen molar-refractivity contribution in [1.29, 1.82) is 0 Å². The number of benzene rings is 3. The number of amides is 2. The molecule has 0 unspecified atom stereocenters. The first-order valence-electron chi connectivity index (χ1n) is 9.60. The van der Waals surface area contributed by atoms with Crippen LogP contribution in [-0.2, 0) is 4.79 Å². The SMILES string of the molecule is O=C(CSc1nnc(NC(=O)c2ccc3ccccc3c2)s1)Nc1ccc2c(c1)OCO2. The van der Waals surface area contributed by atoms with Crippen LogP contribution in [0, 0.1) is 0 Å². The Bertz CT molecular complexity index is 1320. The van der Waals surface area contributed by atoms with Gasteiger partial charge in [-0.15, -0.1) is 10.2 Å². The van der Waals surface area contributed by atoms with Crippen molar-refractivity contribution in [2.75, 3.05) is 23.2 Å². The van der Waals surface area contributed by atoms with E-state index in [1.165, 1.54) is 23.1 Å². The highest BCUT2D eigenvalue weighted by Gasteiger charge is 2.15. The van der Waals surface area contributed by atoms with Gasteiger partial charge in [-0.2, -0.15) is 0 Å². The molecule has 0 aliphatic carbocycles. The minimum absolute atomic E-state index is 0.154. The van der Waals surface area contributed by atoms with Crippen LogP contribution in [0.3, 0.4) is 0 Å². The predicted molar refractivity (Wildman–Crippen MR) is 124 cm³/mol. The average Bonchev–Trinajstić information content (AvgIpc) is 3.46. The van der Waals surface area contributed by atoms with Gasteiger partial charge in [0.2, 0.25) is 17.8 Å². The molecule has 0 spiro atoms. The van der Waals surface area contributed by atoms with Gasteiger partial charge in [-0.1, -0.05) is 53.4 Å². The van der Waals surface area contributed by atoms with E-state index in [9.17, 15) is 9.59 Å². The van der Waals surface area contributed by atoms with Crippen LogP contribution in [0.1, 0.15) is 10.4 Å². The Balaban J connectivity index is 1.15. The maximum absolute atomic E-state index is 12.6. The Kier molecular flexibility index (Phi) is 5.61. The Morgan fingerprint density at radius 2 is 1.78 bits per heavy atom. The molecule has 0 bridgehead atoms. The summed E-state index contributed by atoms with van der Waals surface area (Å²) in [6.07, 6.45) is 0. The summed E-state index contributed by atoms with van der Waals surface area (Å²) in [5, 5.41) is 16.0. The zero-order chi connectivity index (χ0) is 21.9. The monoisotopic (exact) mass is 464 g/mol. The second-order valence-electron chi connectivity index (χ2n) is 6.79. The molecule has 160 valence electrons. The van der Waals surface area contributed by atoms with E-state index in [0.717, 1.165) is 10.8 Å². The summed E-state index contributed by atoms with van der Waals surface area (Å²) >= 11 is 2.46. The standard InChI is InChI=1S/C22H16N4O4S2/c27-19(23-16-7-8-17-18(10-16)30-12-29-17)11-31-22-26-25-21(32-22)24-20(28)15-6-5-13-3-1-2-4-14(13)9-15/h1-10H,11-12H2,(H,23,27)(H,24,25,28). The van der Waals surface area contributed by atoms with E-state index in [-0.39, 0.29) is 24.4 Å². The van der Waals surface area contributed by atoms with Crippen LogP contribution in [0.2, 0.25) is 0 Å². The third-order valence-electron chi connectivity index (χ3n) is 4.62. The van der Waals surface area contributed by atoms with Crippen molar-refractivity contribution >= 4 is 56.5 Å². The van der Waals surface area contributed by atoms with E-state index >= 15 is 0 Å². The van der Waals surface area contributed by atoms with Gasteiger partial charge in [0.25, 0.3) is 5.91 Å². The molecule has 2 amide bonds. The predicted octanol–water partition coefficient (Wildman–Crippen LogP) is 4.40. The fraction of sp³-hybridized carbons (Fsp3) is 0.0909. The lowest BCUT2D eigenvalue weighted by Crippen LogP contribution is -2.13. The van der Waals surface area contributed by atoms with Crippen LogP contribution in [0.15, 0.2) is 65.0 Å². The minimum Gasteiger partial charge on any atom is -0.454 e. The van der Waals surface area contributed by atoms with Gasteiger partial charge >= 0.3 is 0 Å². The molecule has 1 aliphatic rings. The molecule has 5 rings (SSSR count). The van der Waals surface area contributed by atoms with Crippen molar-refractivity contribution in [2.24, 2.45) is 0 Å². The van der Waals surface area contributed by atoms with Crippen LogP contribution < -0.4 is 20.1 Å². The van der Waals surface area contributed by atoms with Gasteiger partial charge in [0.1, 0.15) is 0 Å². The highest BCUT2D eigenvalue weighted by molar-refractivity contribution is 8.01. The lowest BCUT2D eigenvalue weighted by molar-refractivity contribution is -0.113. The highest BCUT2D eigenvalue weighted by atomic mass is 32.2. The first-order valence-corrected chi connectivity index (χ1v) is 11.4. The molecule has 1 aliphatic heterocycles. The van der Waals surface area contributed by atoms with Gasteiger partial charge in [0.15, 0.2) is 15.8 Å². The minimum atomic E-state index is -0.260. The number of carbonyl (C=O) groups excluding carboxylic acids is 2. The molecule has 32 heavy (non-hydrogen) atoms. The first kappa shape index (κ1) is 20.3. The third kappa shape index (κ3) is 4.51. The van der Waals surface area contributed by atoms with Crippen LogP contribution in [0.4, 0.5) is 10.8 Å². The van der Waals surface area contributed by atoms with Crippen LogP contribution in [-0.4, -0.2) is 34.6 Å². The number of fused-ring (bicyclic) bond motifs is 2. The van der Waals surface area contributed by atoms with E-state index in [4.69, 9.17) is 9.47 Å². The van der Waals surface area contributed by atoms with Crippen molar-refractivity contribution in [3.05, 3.63) is 66.2 Å². The molecule has 0 saturated carbocycles. The van der Waals surface area contributed by atoms with Crippen molar-refractivity contribution in [3.63, 3.8) is 0 Å². The van der Waals surface area contributed by atoms with Crippen LogP contribution in [0.5, 0.6) is 11.5 Å². The van der Waals surface area contributed by atoms with Crippen LogP contribution in [0.25, 0.3) is 10.8 Å². The van der Waals surface area contributed by atoms with Crippen molar-refractivity contribution < 1.29 is 19.1 Å². The number of aromatic nitrogens is 2. The van der Waals surface area contributed by atoms with Gasteiger partial charge in [0, 0.05) is 17.3 Å². The summed E-state index contributed by atoms with van der Waals surface area (Å²) in [6, 6.07) is 18.6. The smallest absolute Gasteiger partial charge is 0.257 e. The molecule has 10 heteroatoms. The van der Waals surface area contributed by atoms with E-state index in [2.05, 4.69) is 20.8 Å². The normalized spacial score (nSPS) is 12.0. The Labute approximate surface area is 191 Å². The van der Waals surface area contributed by atoms with Gasteiger partial charge in [-0.3, -0.25) is 14.9 Å². The van der Waals surface area contributed by atoms with Crippen LogP contribution >= 0.6 is 23.1 Å². The molecule has 0 fully saturated rings. The number of ether oxygens (including phenoxy) is 2. The van der Waals surface area contributed by atoms with Gasteiger partial charge in [0.05, 0.1) is 5.75 Å². The number of carbonyl (C=O) groups is 2. The maximum Gasteiger partial charge on any atom is 0.257 e. The van der Waals surface area contributed by atoms with E-state index in [0.29, 0.717) is 32.2 Å². The summed E-state index contributed by atoms with van der Waals surface area (Å²) in [4.78, 5) is 24.8. The lowest BCUT2D eigenvalue weighted by Gasteiger charge is -2.05. The molecule has 3 aromatic carbocycles. The number of nitrogens with zero attached hydrogens (tertiary/aromatic N) is 2. The molecule has 2 N–H and O–H groups in total. The van der Waals surface area contributed by atoms with Gasteiger partial charge in [-0.05, 0) is 35.0 Å². The molecule has 4 aromatic rings. The quantitative estimate of drug-likeness (QED) is 0.322. The van der Waals surface area contributed by atoms with E-state index in [1.54, 1.807) is 24.3 Å². The van der Waals surface area contributed by atoms with Crippen molar-refractivity contribution in [1.82, 2.24) is 10.2 Å². The fourth-order valence-corrected chi connectivity index (χ4v) is 4.66. The number of nitrogens with one attached hydrogen (secondary N) is 2. The largest absolute Gasteiger partial charge is 0.454 e. The topological polar surface area (TPSA) is 102 Å². The molecular weight excluding hydrogens is 448 g/mol. The summed E-state index contributed by atoms with van der Waals surface area (Å²) in [6.45, 7) is 0.180. The number of hydrogen-bond donors (Lipinski definition) is 2. The highest BCUT2D eigenvalue weighted by Crippen LogP contribution is 2.34. The fourth-order valence-electron chi connectivity index (χ4n) is 3.12. The molecule has 0 saturated heterocycles. The third-order valence-corrected chi connectivity index (χ3v) is 6.59. The zero-order valence-corrected chi connectivity index (χ0v) is 18.2. The lowest BCUT2D eigenvalue weighted by atomic mass is 10.1. The molecule has 1 aromatic heterocycles.